The van der Waals surface area contributed by atoms with Crippen LogP contribution in [0.3, 0.4) is 0 Å². The molecule has 0 aliphatic carbocycles. The molecule has 1 fully saturated rings. The molecule has 0 radical (unpaired) electrons. The predicted octanol–water partition coefficient (Wildman–Crippen LogP) is 0.612. The highest BCUT2D eigenvalue weighted by atomic mass is 19.3. The van der Waals surface area contributed by atoms with E-state index in [1.165, 1.54) is 0 Å². The van der Waals surface area contributed by atoms with Crippen molar-refractivity contribution >= 4 is 0 Å². The van der Waals surface area contributed by atoms with E-state index in [1.807, 2.05) is 0 Å². The highest BCUT2D eigenvalue weighted by molar-refractivity contribution is 4.75. The van der Waals surface area contributed by atoms with Gasteiger partial charge >= 0.3 is 0 Å². The van der Waals surface area contributed by atoms with E-state index >= 15 is 0 Å². The number of aliphatic hydroxyl groups is 1. The second-order valence-electron chi connectivity index (χ2n) is 3.04. The van der Waals surface area contributed by atoms with Gasteiger partial charge in [0.05, 0.1) is 6.10 Å². The summed E-state index contributed by atoms with van der Waals surface area (Å²) in [5.74, 6) is -0.0567. The molecule has 0 aromatic rings. The van der Waals surface area contributed by atoms with E-state index < -0.39 is 12.5 Å². The Bertz CT molecular complexity index is 119. The average Bonchev–Trinajstić information content (AvgIpc) is 1.85. The first kappa shape index (κ1) is 8.87. The summed E-state index contributed by atoms with van der Waals surface area (Å²) < 4.78 is 23.7. The molecular formula is C7H13F2NO. The molecule has 1 rings (SSSR count). The molecule has 11 heavy (non-hydrogen) atoms. The van der Waals surface area contributed by atoms with Gasteiger partial charge in [-0.15, -0.1) is 0 Å². The Labute approximate surface area is 64.6 Å². The van der Waals surface area contributed by atoms with E-state index in [-0.39, 0.29) is 12.3 Å². The van der Waals surface area contributed by atoms with E-state index in [1.54, 1.807) is 0 Å². The number of alkyl halides is 2. The van der Waals surface area contributed by atoms with Crippen LogP contribution in [-0.2, 0) is 0 Å². The number of halogens is 2. The topological polar surface area (TPSA) is 32.3 Å². The Morgan fingerprint density at radius 3 is 2.73 bits per heavy atom. The van der Waals surface area contributed by atoms with E-state index in [0.29, 0.717) is 19.5 Å². The van der Waals surface area contributed by atoms with Crippen LogP contribution in [0.15, 0.2) is 0 Å². The van der Waals surface area contributed by atoms with Crippen molar-refractivity contribution < 1.29 is 13.9 Å². The first-order chi connectivity index (χ1) is 5.18. The van der Waals surface area contributed by atoms with Crippen LogP contribution in [0.1, 0.15) is 12.8 Å². The minimum Gasteiger partial charge on any atom is -0.392 e. The molecule has 1 aliphatic heterocycles. The number of hydrogen-bond acceptors (Lipinski definition) is 2. The summed E-state index contributed by atoms with van der Waals surface area (Å²) >= 11 is 0. The highest BCUT2D eigenvalue weighted by Gasteiger charge is 2.22. The fourth-order valence-electron chi connectivity index (χ4n) is 1.44. The lowest BCUT2D eigenvalue weighted by Crippen LogP contribution is -2.39. The lowest BCUT2D eigenvalue weighted by molar-refractivity contribution is 0.0678. The van der Waals surface area contributed by atoms with Crippen LogP contribution in [0.2, 0.25) is 0 Å². The van der Waals surface area contributed by atoms with Crippen molar-refractivity contribution in [3.05, 3.63) is 0 Å². The Balaban J connectivity index is 2.23. The maximum atomic E-state index is 11.8. The summed E-state index contributed by atoms with van der Waals surface area (Å²) in [6.07, 6.45) is -2.26. The molecule has 2 atom stereocenters. The van der Waals surface area contributed by atoms with Crippen molar-refractivity contribution in [3.63, 3.8) is 0 Å². The van der Waals surface area contributed by atoms with Crippen molar-refractivity contribution in [2.24, 2.45) is 5.92 Å². The lowest BCUT2D eigenvalue weighted by Gasteiger charge is -2.26. The molecule has 0 spiro atoms. The van der Waals surface area contributed by atoms with Crippen molar-refractivity contribution in [3.8, 4) is 0 Å². The number of aliphatic hydroxyl groups excluding tert-OH is 1. The van der Waals surface area contributed by atoms with Gasteiger partial charge in [-0.3, -0.25) is 0 Å². The average molecular weight is 165 g/mol. The molecule has 0 aromatic carbocycles. The molecule has 0 amide bonds. The molecular weight excluding hydrogens is 152 g/mol. The van der Waals surface area contributed by atoms with Gasteiger partial charge in [-0.25, -0.2) is 8.78 Å². The van der Waals surface area contributed by atoms with Gasteiger partial charge in [0.2, 0.25) is 6.43 Å². The summed E-state index contributed by atoms with van der Waals surface area (Å²) in [5, 5.41) is 12.0. The van der Waals surface area contributed by atoms with Gasteiger partial charge in [0, 0.05) is 13.0 Å². The van der Waals surface area contributed by atoms with Gasteiger partial charge in [-0.1, -0.05) is 0 Å². The number of hydrogen-bond donors (Lipinski definition) is 2. The molecule has 2 N–H and O–H groups in total. The molecule has 1 aliphatic rings. The summed E-state index contributed by atoms with van der Waals surface area (Å²) in [6, 6.07) is 0. The molecule has 2 nitrogen and oxygen atoms in total. The Kier molecular flexibility index (Phi) is 3.20. The number of β-amino-alcohol motifs (C(OH)–C–C–N with tert-alkyl or cyclic N) is 1. The molecule has 2 unspecified atom stereocenters. The standard InChI is InChI=1S/C7H13F2NO/c8-7(9)2-5-1-6(11)4-10-3-5/h5-7,10-11H,1-4H2. The molecule has 0 saturated carbocycles. The van der Waals surface area contributed by atoms with E-state index in [4.69, 9.17) is 5.11 Å². The van der Waals surface area contributed by atoms with E-state index in [0.717, 1.165) is 0 Å². The smallest absolute Gasteiger partial charge is 0.239 e. The Morgan fingerprint density at radius 2 is 2.18 bits per heavy atom. The number of rotatable bonds is 2. The van der Waals surface area contributed by atoms with Crippen LogP contribution >= 0.6 is 0 Å². The van der Waals surface area contributed by atoms with Gasteiger partial charge in [0.15, 0.2) is 0 Å². The zero-order valence-corrected chi connectivity index (χ0v) is 6.26. The van der Waals surface area contributed by atoms with Gasteiger partial charge in [0.25, 0.3) is 0 Å². The SMILES string of the molecule is OC1CNCC(CC(F)F)C1. The van der Waals surface area contributed by atoms with Gasteiger partial charge in [-0.05, 0) is 18.9 Å². The first-order valence-electron chi connectivity index (χ1n) is 3.85. The summed E-state index contributed by atoms with van der Waals surface area (Å²) in [6.45, 7) is 1.15. The lowest BCUT2D eigenvalue weighted by atomic mass is 9.95. The minimum absolute atomic E-state index is 0.0567. The van der Waals surface area contributed by atoms with Crippen LogP contribution in [-0.4, -0.2) is 30.7 Å². The quantitative estimate of drug-likeness (QED) is 0.628. The van der Waals surface area contributed by atoms with Crippen LogP contribution in [0, 0.1) is 5.92 Å². The zero-order chi connectivity index (χ0) is 8.27. The molecule has 0 aromatic heterocycles. The highest BCUT2D eigenvalue weighted by Crippen LogP contribution is 2.18. The second kappa shape index (κ2) is 3.97. The second-order valence-corrected chi connectivity index (χ2v) is 3.04. The zero-order valence-electron chi connectivity index (χ0n) is 6.26. The van der Waals surface area contributed by atoms with Crippen LogP contribution in [0.25, 0.3) is 0 Å². The van der Waals surface area contributed by atoms with Crippen molar-refractivity contribution in [2.45, 2.75) is 25.4 Å². The Hall–Kier alpha value is -0.220. The van der Waals surface area contributed by atoms with Crippen molar-refractivity contribution in [1.82, 2.24) is 5.32 Å². The molecule has 1 heterocycles. The molecule has 66 valence electrons. The normalized spacial score (nSPS) is 32.7. The minimum atomic E-state index is -2.24. The van der Waals surface area contributed by atoms with E-state index in [2.05, 4.69) is 5.32 Å². The maximum Gasteiger partial charge on any atom is 0.239 e. The summed E-state index contributed by atoms with van der Waals surface area (Å²) in [5.41, 5.74) is 0. The third-order valence-corrected chi connectivity index (χ3v) is 1.93. The fraction of sp³-hybridized carbons (Fsp3) is 1.00. The fourth-order valence-corrected chi connectivity index (χ4v) is 1.44. The monoisotopic (exact) mass is 165 g/mol. The molecule has 4 heteroatoms. The molecule has 0 bridgehead atoms. The predicted molar refractivity (Wildman–Crippen MR) is 37.6 cm³/mol. The summed E-state index contributed by atoms with van der Waals surface area (Å²) in [4.78, 5) is 0. The molecule has 1 saturated heterocycles. The van der Waals surface area contributed by atoms with Crippen LogP contribution in [0.5, 0.6) is 0 Å². The summed E-state index contributed by atoms with van der Waals surface area (Å²) in [7, 11) is 0. The van der Waals surface area contributed by atoms with Gasteiger partial charge in [-0.2, -0.15) is 0 Å². The third kappa shape index (κ3) is 3.12. The van der Waals surface area contributed by atoms with Crippen molar-refractivity contribution in [2.75, 3.05) is 13.1 Å². The first-order valence-corrected chi connectivity index (χ1v) is 3.85. The number of piperidine rings is 1. The van der Waals surface area contributed by atoms with Crippen LogP contribution < -0.4 is 5.32 Å². The third-order valence-electron chi connectivity index (χ3n) is 1.93. The van der Waals surface area contributed by atoms with Gasteiger partial charge < -0.3 is 10.4 Å². The van der Waals surface area contributed by atoms with E-state index in [9.17, 15) is 8.78 Å². The van der Waals surface area contributed by atoms with Gasteiger partial charge in [0.1, 0.15) is 0 Å². The van der Waals surface area contributed by atoms with Crippen LogP contribution in [0.4, 0.5) is 8.78 Å². The number of nitrogens with one attached hydrogen (secondary N) is 1. The van der Waals surface area contributed by atoms with Crippen molar-refractivity contribution in [1.29, 1.82) is 0 Å². The maximum absolute atomic E-state index is 11.8. The largest absolute Gasteiger partial charge is 0.392 e. The Morgan fingerprint density at radius 1 is 1.45 bits per heavy atom.